The maximum Gasteiger partial charge on any atom is 0.248 e. The summed E-state index contributed by atoms with van der Waals surface area (Å²) in [5.41, 5.74) is 3.98. The average Bonchev–Trinajstić information content (AvgIpc) is 2.45. The van der Waals surface area contributed by atoms with Crippen molar-refractivity contribution in [2.75, 3.05) is 24.3 Å². The fourth-order valence-electron chi connectivity index (χ4n) is 2.09. The fourth-order valence-corrected chi connectivity index (χ4v) is 2.09. The summed E-state index contributed by atoms with van der Waals surface area (Å²) in [4.78, 5) is 14.0. The van der Waals surface area contributed by atoms with Crippen LogP contribution in [0.4, 0.5) is 11.4 Å². The Hall–Kier alpha value is -2.55. The lowest BCUT2D eigenvalue weighted by Gasteiger charge is -2.17. The van der Waals surface area contributed by atoms with Crippen molar-refractivity contribution in [3.05, 3.63) is 65.7 Å². The number of para-hydroxylation sites is 2. The van der Waals surface area contributed by atoms with Gasteiger partial charge in [-0.25, -0.2) is 0 Å². The van der Waals surface area contributed by atoms with Gasteiger partial charge < -0.3 is 10.2 Å². The van der Waals surface area contributed by atoms with Crippen LogP contribution in [0.2, 0.25) is 0 Å². The van der Waals surface area contributed by atoms with E-state index in [0.29, 0.717) is 0 Å². The normalized spacial score (nSPS) is 10.6. The minimum Gasteiger partial charge on any atom is -0.376 e. The van der Waals surface area contributed by atoms with Crippen molar-refractivity contribution < 1.29 is 4.79 Å². The van der Waals surface area contributed by atoms with Crippen LogP contribution in [0.5, 0.6) is 0 Å². The quantitative estimate of drug-likeness (QED) is 0.866. The van der Waals surface area contributed by atoms with E-state index in [9.17, 15) is 4.79 Å². The molecule has 0 unspecified atom stereocenters. The number of amides is 1. The molecule has 3 heteroatoms. The van der Waals surface area contributed by atoms with Gasteiger partial charge >= 0.3 is 0 Å². The Bertz CT molecular complexity index is 660. The predicted octanol–water partition coefficient (Wildman–Crippen LogP) is 3.71. The number of carbonyl (C=O) groups is 1. The van der Waals surface area contributed by atoms with Gasteiger partial charge in [0.1, 0.15) is 0 Å². The van der Waals surface area contributed by atoms with Crippen LogP contribution in [-0.2, 0) is 4.79 Å². The van der Waals surface area contributed by atoms with Crippen molar-refractivity contribution in [1.29, 1.82) is 0 Å². The van der Waals surface area contributed by atoms with E-state index in [2.05, 4.69) is 5.32 Å². The van der Waals surface area contributed by atoms with E-state index in [0.717, 1.165) is 16.9 Å². The molecule has 1 amide bonds. The number of aryl methyl sites for hydroxylation is 1. The second kappa shape index (κ2) is 6.75. The van der Waals surface area contributed by atoms with Crippen molar-refractivity contribution in [2.45, 2.75) is 6.92 Å². The lowest BCUT2D eigenvalue weighted by atomic mass is 10.1. The zero-order valence-electron chi connectivity index (χ0n) is 12.6. The number of nitrogens with zero attached hydrogens (tertiary/aromatic N) is 1. The third-order valence-electron chi connectivity index (χ3n) is 3.11. The molecule has 0 fully saturated rings. The maximum absolute atomic E-state index is 12.0. The molecule has 0 saturated carbocycles. The molecule has 0 heterocycles. The number of hydrogen-bond donors (Lipinski definition) is 1. The van der Waals surface area contributed by atoms with Crippen molar-refractivity contribution >= 4 is 23.4 Å². The van der Waals surface area contributed by atoms with Gasteiger partial charge in [-0.15, -0.1) is 0 Å². The highest BCUT2D eigenvalue weighted by atomic mass is 16.1. The second-order valence-corrected chi connectivity index (χ2v) is 5.15. The number of anilines is 2. The van der Waals surface area contributed by atoms with Crippen LogP contribution in [0.3, 0.4) is 0 Å². The largest absolute Gasteiger partial charge is 0.376 e. The third kappa shape index (κ3) is 4.21. The van der Waals surface area contributed by atoms with E-state index >= 15 is 0 Å². The molecular weight excluding hydrogens is 260 g/mol. The Morgan fingerprint density at radius 3 is 2.57 bits per heavy atom. The smallest absolute Gasteiger partial charge is 0.248 e. The first-order valence-electron chi connectivity index (χ1n) is 6.88. The second-order valence-electron chi connectivity index (χ2n) is 5.15. The Kier molecular flexibility index (Phi) is 4.77. The first-order chi connectivity index (χ1) is 10.1. The minimum atomic E-state index is -0.134. The molecule has 2 aromatic rings. The molecule has 0 aliphatic carbocycles. The SMILES string of the molecule is Cc1cccc(/C=C/C(=O)Nc2ccccc2N(C)C)c1. The number of rotatable bonds is 4. The summed E-state index contributed by atoms with van der Waals surface area (Å²) in [6.07, 6.45) is 3.38. The summed E-state index contributed by atoms with van der Waals surface area (Å²) >= 11 is 0. The molecule has 0 aromatic heterocycles. The van der Waals surface area contributed by atoms with Gasteiger partial charge in [0.05, 0.1) is 11.4 Å². The minimum absolute atomic E-state index is 0.134. The van der Waals surface area contributed by atoms with E-state index in [1.54, 1.807) is 6.08 Å². The summed E-state index contributed by atoms with van der Waals surface area (Å²) in [7, 11) is 3.90. The zero-order valence-corrected chi connectivity index (χ0v) is 12.6. The van der Waals surface area contributed by atoms with Crippen LogP contribution >= 0.6 is 0 Å². The number of hydrogen-bond acceptors (Lipinski definition) is 2. The Balaban J connectivity index is 2.09. The van der Waals surface area contributed by atoms with Gasteiger partial charge in [-0.05, 0) is 30.7 Å². The van der Waals surface area contributed by atoms with Crippen LogP contribution in [0.15, 0.2) is 54.6 Å². The van der Waals surface area contributed by atoms with Crippen LogP contribution < -0.4 is 10.2 Å². The zero-order chi connectivity index (χ0) is 15.2. The topological polar surface area (TPSA) is 32.3 Å². The summed E-state index contributed by atoms with van der Waals surface area (Å²) in [5.74, 6) is -0.134. The van der Waals surface area contributed by atoms with Gasteiger partial charge in [0.15, 0.2) is 0 Å². The average molecular weight is 280 g/mol. The summed E-state index contributed by atoms with van der Waals surface area (Å²) in [6.45, 7) is 2.03. The standard InChI is InChI=1S/C18H20N2O/c1-14-7-6-8-15(13-14)11-12-18(21)19-16-9-4-5-10-17(16)20(2)3/h4-13H,1-3H3,(H,19,21)/b12-11+. The van der Waals surface area contributed by atoms with Gasteiger partial charge in [0.25, 0.3) is 0 Å². The molecule has 0 atom stereocenters. The van der Waals surface area contributed by atoms with Gasteiger partial charge in [-0.3, -0.25) is 4.79 Å². The number of nitrogens with one attached hydrogen (secondary N) is 1. The summed E-state index contributed by atoms with van der Waals surface area (Å²) < 4.78 is 0. The summed E-state index contributed by atoms with van der Waals surface area (Å²) in [6, 6.07) is 15.8. The molecule has 0 spiro atoms. The molecule has 0 radical (unpaired) electrons. The first kappa shape index (κ1) is 14.9. The molecule has 108 valence electrons. The molecule has 21 heavy (non-hydrogen) atoms. The monoisotopic (exact) mass is 280 g/mol. The van der Waals surface area contributed by atoms with Crippen LogP contribution in [0.1, 0.15) is 11.1 Å². The van der Waals surface area contributed by atoms with E-state index in [-0.39, 0.29) is 5.91 Å². The highest BCUT2D eigenvalue weighted by Crippen LogP contribution is 2.23. The highest BCUT2D eigenvalue weighted by Gasteiger charge is 2.05. The van der Waals surface area contributed by atoms with E-state index in [4.69, 9.17) is 0 Å². The number of benzene rings is 2. The van der Waals surface area contributed by atoms with Crippen molar-refractivity contribution in [3.63, 3.8) is 0 Å². The lowest BCUT2D eigenvalue weighted by Crippen LogP contribution is -2.14. The molecular formula is C18H20N2O. The Labute approximate surface area is 125 Å². The molecule has 0 aliphatic heterocycles. The maximum atomic E-state index is 12.0. The van der Waals surface area contributed by atoms with E-state index in [1.807, 2.05) is 80.5 Å². The van der Waals surface area contributed by atoms with Crippen LogP contribution in [0.25, 0.3) is 6.08 Å². The fraction of sp³-hybridized carbons (Fsp3) is 0.167. The molecule has 2 rings (SSSR count). The molecule has 1 N–H and O–H groups in total. The van der Waals surface area contributed by atoms with Crippen LogP contribution in [0, 0.1) is 6.92 Å². The highest BCUT2D eigenvalue weighted by molar-refractivity contribution is 6.03. The molecule has 0 bridgehead atoms. The Morgan fingerprint density at radius 2 is 1.86 bits per heavy atom. The van der Waals surface area contributed by atoms with Crippen molar-refractivity contribution in [1.82, 2.24) is 0 Å². The van der Waals surface area contributed by atoms with Crippen LogP contribution in [-0.4, -0.2) is 20.0 Å². The molecule has 0 aliphatic rings. The predicted molar refractivity (Wildman–Crippen MR) is 89.6 cm³/mol. The van der Waals surface area contributed by atoms with E-state index in [1.165, 1.54) is 5.56 Å². The molecule has 0 saturated heterocycles. The molecule has 2 aromatic carbocycles. The van der Waals surface area contributed by atoms with Gasteiger partial charge in [0, 0.05) is 20.2 Å². The third-order valence-corrected chi connectivity index (χ3v) is 3.11. The number of carbonyl (C=O) groups excluding carboxylic acids is 1. The van der Waals surface area contributed by atoms with Gasteiger partial charge in [-0.2, -0.15) is 0 Å². The van der Waals surface area contributed by atoms with Gasteiger partial charge in [-0.1, -0.05) is 42.0 Å². The van der Waals surface area contributed by atoms with Crippen molar-refractivity contribution in [2.24, 2.45) is 0 Å². The summed E-state index contributed by atoms with van der Waals surface area (Å²) in [5, 5.41) is 2.91. The molecule has 3 nitrogen and oxygen atoms in total. The van der Waals surface area contributed by atoms with Crippen molar-refractivity contribution in [3.8, 4) is 0 Å². The lowest BCUT2D eigenvalue weighted by molar-refractivity contribution is -0.111. The first-order valence-corrected chi connectivity index (χ1v) is 6.88. The van der Waals surface area contributed by atoms with E-state index < -0.39 is 0 Å². The van der Waals surface area contributed by atoms with Gasteiger partial charge in [0.2, 0.25) is 5.91 Å². The Morgan fingerprint density at radius 1 is 1.10 bits per heavy atom.